The Morgan fingerprint density at radius 2 is 2.11 bits per heavy atom. The number of nitrogen functional groups attached to an aromatic ring is 1. The number of nitrogens with one attached hydrogen (secondary N) is 1. The molecule has 5 heteroatoms. The molecule has 0 radical (unpaired) electrons. The van der Waals surface area contributed by atoms with Crippen molar-refractivity contribution in [2.24, 2.45) is 0 Å². The van der Waals surface area contributed by atoms with Gasteiger partial charge in [0, 0.05) is 0 Å². The molecule has 1 atom stereocenters. The lowest BCUT2D eigenvalue weighted by atomic mass is 9.98. The van der Waals surface area contributed by atoms with Crippen LogP contribution in [0.1, 0.15) is 25.8 Å². The van der Waals surface area contributed by atoms with Gasteiger partial charge in [-0.05, 0) is 39.8 Å². The Hall–Kier alpha value is -1.33. The number of hydrogen-bond acceptors (Lipinski definition) is 5. The molecule has 1 aromatic carbocycles. The number of hydrogen-bond donors (Lipinski definition) is 3. The summed E-state index contributed by atoms with van der Waals surface area (Å²) in [5, 5.41) is 14.0. The third kappa shape index (κ3) is 2.42. The van der Waals surface area contributed by atoms with E-state index in [0.29, 0.717) is 5.69 Å². The van der Waals surface area contributed by atoms with Crippen LogP contribution in [0.25, 0.3) is 10.2 Å². The average Bonchev–Trinajstić information content (AvgIpc) is 2.57. The van der Waals surface area contributed by atoms with Gasteiger partial charge in [0.1, 0.15) is 0 Å². The number of fused-ring (bicyclic) bond motifs is 1. The number of anilines is 2. The fourth-order valence-electron chi connectivity index (χ4n) is 1.66. The van der Waals surface area contributed by atoms with Crippen molar-refractivity contribution in [3.05, 3.63) is 17.1 Å². The molecular weight excluding hydrogens is 246 g/mol. The van der Waals surface area contributed by atoms with E-state index < -0.39 is 11.6 Å². The van der Waals surface area contributed by atoms with Crippen molar-refractivity contribution < 1.29 is 5.11 Å². The summed E-state index contributed by atoms with van der Waals surface area (Å²) in [4.78, 5) is 4.45. The molecule has 98 valence electrons. The predicted octanol–water partition coefficient (Wildman–Crippen LogP) is 2.76. The van der Waals surface area contributed by atoms with E-state index >= 15 is 0 Å². The van der Waals surface area contributed by atoms with E-state index in [1.165, 1.54) is 0 Å². The number of aromatic nitrogens is 1. The second-order valence-electron chi connectivity index (χ2n) is 5.16. The van der Waals surface area contributed by atoms with Crippen LogP contribution in [0.4, 0.5) is 11.4 Å². The molecule has 0 saturated carbocycles. The highest BCUT2D eigenvalue weighted by molar-refractivity contribution is 7.18. The quantitative estimate of drug-likeness (QED) is 0.746. The number of rotatable bonds is 3. The first-order valence-electron chi connectivity index (χ1n) is 5.92. The van der Waals surface area contributed by atoms with Crippen molar-refractivity contribution in [1.82, 2.24) is 4.98 Å². The van der Waals surface area contributed by atoms with Crippen LogP contribution >= 0.6 is 11.3 Å². The summed E-state index contributed by atoms with van der Waals surface area (Å²) < 4.78 is 1.09. The molecule has 0 aliphatic carbocycles. The Bertz CT molecular complexity index is 575. The van der Waals surface area contributed by atoms with Crippen LogP contribution < -0.4 is 11.1 Å². The van der Waals surface area contributed by atoms with Gasteiger partial charge >= 0.3 is 0 Å². The van der Waals surface area contributed by atoms with Gasteiger partial charge in [0.15, 0.2) is 0 Å². The number of nitrogens with two attached hydrogens (primary N) is 1. The summed E-state index contributed by atoms with van der Waals surface area (Å²) in [6.07, 6.45) is -0.482. The maximum atomic E-state index is 9.73. The van der Waals surface area contributed by atoms with Crippen molar-refractivity contribution in [1.29, 1.82) is 0 Å². The van der Waals surface area contributed by atoms with Gasteiger partial charge in [-0.25, -0.2) is 4.98 Å². The zero-order chi connectivity index (χ0) is 13.5. The van der Waals surface area contributed by atoms with Crippen LogP contribution in [-0.2, 0) is 0 Å². The number of aryl methyl sites for hydroxylation is 1. The number of benzene rings is 1. The first-order valence-corrected chi connectivity index (χ1v) is 6.74. The summed E-state index contributed by atoms with van der Waals surface area (Å²) in [6.45, 7) is 7.61. The van der Waals surface area contributed by atoms with Crippen LogP contribution in [0.15, 0.2) is 12.1 Å². The maximum absolute atomic E-state index is 9.73. The van der Waals surface area contributed by atoms with Gasteiger partial charge in [-0.2, -0.15) is 0 Å². The zero-order valence-corrected chi connectivity index (χ0v) is 11.9. The fourth-order valence-corrected chi connectivity index (χ4v) is 2.52. The molecule has 2 aromatic rings. The first-order chi connectivity index (χ1) is 8.29. The van der Waals surface area contributed by atoms with Gasteiger partial charge in [-0.1, -0.05) is 0 Å². The molecule has 0 bridgehead atoms. The summed E-state index contributed by atoms with van der Waals surface area (Å²) >= 11 is 1.63. The Kier molecular flexibility index (Phi) is 3.21. The van der Waals surface area contributed by atoms with Crippen LogP contribution in [0.2, 0.25) is 0 Å². The Labute approximate surface area is 111 Å². The van der Waals surface area contributed by atoms with Gasteiger partial charge in [-0.3, -0.25) is 0 Å². The van der Waals surface area contributed by atoms with E-state index in [1.54, 1.807) is 18.3 Å². The molecule has 18 heavy (non-hydrogen) atoms. The molecular formula is C13H19N3OS. The normalized spacial score (nSPS) is 13.8. The highest BCUT2D eigenvalue weighted by Crippen LogP contribution is 2.31. The molecule has 0 aliphatic rings. The predicted molar refractivity (Wildman–Crippen MR) is 78.2 cm³/mol. The lowest BCUT2D eigenvalue weighted by Gasteiger charge is -2.31. The van der Waals surface area contributed by atoms with Crippen molar-refractivity contribution >= 4 is 32.9 Å². The Morgan fingerprint density at radius 3 is 2.72 bits per heavy atom. The summed E-state index contributed by atoms with van der Waals surface area (Å²) in [6, 6.07) is 3.87. The van der Waals surface area contributed by atoms with Gasteiger partial charge in [0.05, 0.1) is 38.2 Å². The third-order valence-electron chi connectivity index (χ3n) is 3.17. The van der Waals surface area contributed by atoms with E-state index in [-0.39, 0.29) is 0 Å². The smallest absolute Gasteiger partial charge is 0.0907 e. The van der Waals surface area contributed by atoms with Crippen molar-refractivity contribution in [2.75, 3.05) is 11.1 Å². The van der Waals surface area contributed by atoms with E-state index in [1.807, 2.05) is 32.9 Å². The molecule has 1 heterocycles. The minimum Gasteiger partial charge on any atom is -0.397 e. The van der Waals surface area contributed by atoms with E-state index in [0.717, 1.165) is 20.9 Å². The van der Waals surface area contributed by atoms with Crippen molar-refractivity contribution in [3.8, 4) is 0 Å². The zero-order valence-electron chi connectivity index (χ0n) is 11.1. The van der Waals surface area contributed by atoms with Crippen LogP contribution in [0.3, 0.4) is 0 Å². The third-order valence-corrected chi connectivity index (χ3v) is 4.10. The minimum absolute atomic E-state index is 0.438. The maximum Gasteiger partial charge on any atom is 0.0907 e. The van der Waals surface area contributed by atoms with Crippen LogP contribution in [0, 0.1) is 6.92 Å². The summed E-state index contributed by atoms with van der Waals surface area (Å²) in [7, 11) is 0. The monoisotopic (exact) mass is 265 g/mol. The number of aliphatic hydroxyl groups is 1. The SMILES string of the molecule is Cc1nc2cc(NC(C)(C)C(C)O)c(N)cc2s1. The van der Waals surface area contributed by atoms with Gasteiger partial charge in [0.25, 0.3) is 0 Å². The van der Waals surface area contributed by atoms with Crippen LogP contribution in [-0.4, -0.2) is 21.7 Å². The second-order valence-corrected chi connectivity index (χ2v) is 6.40. The van der Waals surface area contributed by atoms with Crippen molar-refractivity contribution in [2.45, 2.75) is 39.3 Å². The fraction of sp³-hybridized carbons (Fsp3) is 0.462. The van der Waals surface area contributed by atoms with E-state index in [4.69, 9.17) is 5.73 Å². The second kappa shape index (κ2) is 4.40. The molecule has 0 amide bonds. The van der Waals surface area contributed by atoms with Crippen LogP contribution in [0.5, 0.6) is 0 Å². The molecule has 4 N–H and O–H groups in total. The summed E-state index contributed by atoms with van der Waals surface area (Å²) in [5.74, 6) is 0. The van der Waals surface area contributed by atoms with Gasteiger partial charge in [-0.15, -0.1) is 11.3 Å². The molecule has 0 aliphatic heterocycles. The Balaban J connectivity index is 2.42. The van der Waals surface area contributed by atoms with E-state index in [9.17, 15) is 5.11 Å². The summed E-state index contributed by atoms with van der Waals surface area (Å²) in [5.41, 5.74) is 8.04. The average molecular weight is 265 g/mol. The largest absolute Gasteiger partial charge is 0.397 e. The molecule has 2 rings (SSSR count). The number of nitrogens with zero attached hydrogens (tertiary/aromatic N) is 1. The minimum atomic E-state index is -0.482. The topological polar surface area (TPSA) is 71.2 Å². The number of aliphatic hydroxyl groups excluding tert-OH is 1. The molecule has 1 unspecified atom stereocenters. The molecule has 0 spiro atoms. The highest BCUT2D eigenvalue weighted by Gasteiger charge is 2.24. The molecule has 1 aromatic heterocycles. The first kappa shape index (κ1) is 13.1. The van der Waals surface area contributed by atoms with E-state index in [2.05, 4.69) is 10.3 Å². The number of thiazole rings is 1. The molecule has 0 fully saturated rings. The Morgan fingerprint density at radius 1 is 1.44 bits per heavy atom. The lowest BCUT2D eigenvalue weighted by Crippen LogP contribution is -2.42. The van der Waals surface area contributed by atoms with Gasteiger partial charge < -0.3 is 16.2 Å². The molecule has 4 nitrogen and oxygen atoms in total. The highest BCUT2D eigenvalue weighted by atomic mass is 32.1. The van der Waals surface area contributed by atoms with Gasteiger partial charge in [0.2, 0.25) is 0 Å². The lowest BCUT2D eigenvalue weighted by molar-refractivity contribution is 0.133. The van der Waals surface area contributed by atoms with Crippen molar-refractivity contribution in [3.63, 3.8) is 0 Å². The molecule has 0 saturated heterocycles. The standard InChI is InChI=1S/C13H19N3OS/c1-7(17)13(3,4)16-10-6-11-12(5-9(10)14)18-8(2)15-11/h5-7,16-17H,14H2,1-4H3.